The van der Waals surface area contributed by atoms with Gasteiger partial charge in [-0.2, -0.15) is 0 Å². The van der Waals surface area contributed by atoms with Crippen LogP contribution in [0.2, 0.25) is 0 Å². The fraction of sp³-hybridized carbons (Fsp3) is 0.125. The Kier molecular flexibility index (Phi) is 5.09. The van der Waals surface area contributed by atoms with Crippen molar-refractivity contribution in [3.63, 3.8) is 0 Å². The van der Waals surface area contributed by atoms with Crippen LogP contribution >= 0.6 is 28.1 Å². The Morgan fingerprint density at radius 3 is 2.52 bits per heavy atom. The molecule has 1 amide bonds. The Morgan fingerprint density at radius 1 is 1.10 bits per heavy atom. The first-order valence-electron chi connectivity index (χ1n) is 6.41. The molecule has 3 nitrogen and oxygen atoms in total. The van der Waals surface area contributed by atoms with Gasteiger partial charge in [-0.3, -0.25) is 10.1 Å². The van der Waals surface area contributed by atoms with E-state index in [9.17, 15) is 4.79 Å². The number of thiocarbonyl (C=S) groups is 1. The lowest BCUT2D eigenvalue weighted by Gasteiger charge is -2.11. The number of carbonyl (C=O) groups is 1. The van der Waals surface area contributed by atoms with Crippen LogP contribution in [0.15, 0.2) is 46.9 Å². The summed E-state index contributed by atoms with van der Waals surface area (Å²) in [4.78, 5) is 12.1. The summed E-state index contributed by atoms with van der Waals surface area (Å²) in [6.07, 6.45) is 0. The maximum Gasteiger partial charge on any atom is 0.257 e. The highest BCUT2D eigenvalue weighted by Crippen LogP contribution is 2.14. The smallest absolute Gasteiger partial charge is 0.257 e. The second-order valence-corrected chi connectivity index (χ2v) is 6.04. The van der Waals surface area contributed by atoms with Crippen molar-refractivity contribution >= 4 is 44.9 Å². The van der Waals surface area contributed by atoms with E-state index >= 15 is 0 Å². The summed E-state index contributed by atoms with van der Waals surface area (Å²) < 4.78 is 0.850. The van der Waals surface area contributed by atoms with Gasteiger partial charge in [-0.25, -0.2) is 0 Å². The van der Waals surface area contributed by atoms with E-state index in [1.807, 2.05) is 38.1 Å². The Morgan fingerprint density at radius 2 is 1.86 bits per heavy atom. The van der Waals surface area contributed by atoms with E-state index in [0.717, 1.165) is 10.2 Å². The lowest BCUT2D eigenvalue weighted by atomic mass is 10.1. The van der Waals surface area contributed by atoms with Gasteiger partial charge < -0.3 is 5.32 Å². The normalized spacial score (nSPS) is 10.0. The Bertz CT molecular complexity index is 700. The van der Waals surface area contributed by atoms with Crippen LogP contribution in [0, 0.1) is 13.8 Å². The number of carbonyl (C=O) groups excluding carboxylic acids is 1. The van der Waals surface area contributed by atoms with Crippen LogP contribution in [-0.4, -0.2) is 11.0 Å². The number of hydrogen-bond donors (Lipinski definition) is 2. The maximum atomic E-state index is 12.1. The predicted octanol–water partition coefficient (Wildman–Crippen LogP) is 4.19. The van der Waals surface area contributed by atoms with Gasteiger partial charge in [-0.15, -0.1) is 0 Å². The van der Waals surface area contributed by atoms with Crippen molar-refractivity contribution in [1.29, 1.82) is 0 Å². The first-order valence-corrected chi connectivity index (χ1v) is 7.61. The lowest BCUT2D eigenvalue weighted by molar-refractivity contribution is 0.0977. The minimum Gasteiger partial charge on any atom is -0.332 e. The molecule has 0 heterocycles. The molecule has 0 unspecified atom stereocenters. The molecule has 0 saturated carbocycles. The standard InChI is InChI=1S/C16H15BrN2OS/c1-10-6-7-14(8-11(10)2)18-16(21)19-15(20)12-4-3-5-13(17)9-12/h3-9H,1-2H3,(H2,18,19,20,21). The number of halogens is 1. The Balaban J connectivity index is 2.01. The molecule has 0 aliphatic rings. The van der Waals surface area contributed by atoms with Gasteiger partial charge in [-0.05, 0) is 67.5 Å². The number of nitrogens with one attached hydrogen (secondary N) is 2. The van der Waals surface area contributed by atoms with Crippen LogP contribution in [0.5, 0.6) is 0 Å². The van der Waals surface area contributed by atoms with Gasteiger partial charge in [0.15, 0.2) is 5.11 Å². The second-order valence-electron chi connectivity index (χ2n) is 4.72. The van der Waals surface area contributed by atoms with Gasteiger partial charge in [0.2, 0.25) is 0 Å². The monoisotopic (exact) mass is 362 g/mol. The minimum absolute atomic E-state index is 0.238. The van der Waals surface area contributed by atoms with E-state index in [0.29, 0.717) is 5.56 Å². The van der Waals surface area contributed by atoms with Gasteiger partial charge in [-0.1, -0.05) is 28.1 Å². The molecule has 5 heteroatoms. The van der Waals surface area contributed by atoms with Crippen molar-refractivity contribution in [2.24, 2.45) is 0 Å². The van der Waals surface area contributed by atoms with Crippen LogP contribution in [0.25, 0.3) is 0 Å². The van der Waals surface area contributed by atoms with Crippen molar-refractivity contribution in [3.05, 3.63) is 63.6 Å². The Labute approximate surface area is 137 Å². The van der Waals surface area contributed by atoms with Gasteiger partial charge in [0.25, 0.3) is 5.91 Å². The minimum atomic E-state index is -0.238. The molecule has 0 spiro atoms. The molecule has 0 saturated heterocycles. The first kappa shape index (κ1) is 15.7. The SMILES string of the molecule is Cc1ccc(NC(=S)NC(=O)c2cccc(Br)c2)cc1C. The van der Waals surface area contributed by atoms with E-state index in [2.05, 4.69) is 26.6 Å². The van der Waals surface area contributed by atoms with Crippen LogP contribution < -0.4 is 10.6 Å². The number of benzene rings is 2. The quantitative estimate of drug-likeness (QED) is 0.786. The number of amides is 1. The summed E-state index contributed by atoms with van der Waals surface area (Å²) in [6, 6.07) is 13.1. The fourth-order valence-electron chi connectivity index (χ4n) is 1.79. The summed E-state index contributed by atoms with van der Waals surface area (Å²) in [6.45, 7) is 4.08. The van der Waals surface area contributed by atoms with Crippen molar-refractivity contribution in [3.8, 4) is 0 Å². The number of aryl methyl sites for hydroxylation is 2. The van der Waals surface area contributed by atoms with E-state index in [1.54, 1.807) is 18.2 Å². The van der Waals surface area contributed by atoms with Crippen LogP contribution in [-0.2, 0) is 0 Å². The average Bonchev–Trinajstić information content (AvgIpc) is 2.43. The van der Waals surface area contributed by atoms with Gasteiger partial charge in [0.05, 0.1) is 0 Å². The lowest BCUT2D eigenvalue weighted by Crippen LogP contribution is -2.34. The molecule has 0 aliphatic carbocycles. The summed E-state index contributed by atoms with van der Waals surface area (Å²) in [5, 5.41) is 5.96. The molecule has 108 valence electrons. The summed E-state index contributed by atoms with van der Waals surface area (Å²) >= 11 is 8.50. The van der Waals surface area contributed by atoms with Gasteiger partial charge >= 0.3 is 0 Å². The Hall–Kier alpha value is -1.72. The molecular formula is C16H15BrN2OS. The van der Waals surface area contributed by atoms with E-state index < -0.39 is 0 Å². The predicted molar refractivity (Wildman–Crippen MR) is 93.7 cm³/mol. The molecule has 0 aliphatic heterocycles. The molecule has 21 heavy (non-hydrogen) atoms. The largest absolute Gasteiger partial charge is 0.332 e. The average molecular weight is 363 g/mol. The van der Waals surface area contributed by atoms with Gasteiger partial charge in [0.1, 0.15) is 0 Å². The molecular weight excluding hydrogens is 348 g/mol. The van der Waals surface area contributed by atoms with Gasteiger partial charge in [0, 0.05) is 15.7 Å². The fourth-order valence-corrected chi connectivity index (χ4v) is 2.40. The third-order valence-electron chi connectivity index (χ3n) is 3.08. The molecule has 2 aromatic carbocycles. The van der Waals surface area contributed by atoms with Crippen molar-refractivity contribution in [2.45, 2.75) is 13.8 Å². The van der Waals surface area contributed by atoms with Crippen molar-refractivity contribution in [1.82, 2.24) is 5.32 Å². The zero-order chi connectivity index (χ0) is 15.4. The number of anilines is 1. The highest BCUT2D eigenvalue weighted by atomic mass is 79.9. The highest BCUT2D eigenvalue weighted by molar-refractivity contribution is 9.10. The van der Waals surface area contributed by atoms with E-state index in [1.165, 1.54) is 11.1 Å². The highest BCUT2D eigenvalue weighted by Gasteiger charge is 2.08. The second kappa shape index (κ2) is 6.83. The molecule has 2 aromatic rings. The molecule has 0 aromatic heterocycles. The summed E-state index contributed by atoms with van der Waals surface area (Å²) in [7, 11) is 0. The number of rotatable bonds is 2. The van der Waals surface area contributed by atoms with Crippen molar-refractivity contribution in [2.75, 3.05) is 5.32 Å². The van der Waals surface area contributed by atoms with Crippen molar-refractivity contribution < 1.29 is 4.79 Å². The van der Waals surface area contributed by atoms with E-state index in [4.69, 9.17) is 12.2 Å². The zero-order valence-electron chi connectivity index (χ0n) is 11.7. The third kappa shape index (κ3) is 4.37. The molecule has 0 fully saturated rings. The molecule has 0 radical (unpaired) electrons. The maximum absolute atomic E-state index is 12.1. The topological polar surface area (TPSA) is 41.1 Å². The molecule has 0 atom stereocenters. The van der Waals surface area contributed by atoms with Crippen LogP contribution in [0.3, 0.4) is 0 Å². The summed E-state index contributed by atoms with van der Waals surface area (Å²) in [5.41, 5.74) is 3.79. The molecule has 0 bridgehead atoms. The van der Waals surface area contributed by atoms with E-state index in [-0.39, 0.29) is 11.0 Å². The number of hydrogen-bond acceptors (Lipinski definition) is 2. The third-order valence-corrected chi connectivity index (χ3v) is 3.78. The summed E-state index contributed by atoms with van der Waals surface area (Å²) in [5.74, 6) is -0.238. The van der Waals surface area contributed by atoms with Crippen LogP contribution in [0.1, 0.15) is 21.5 Å². The zero-order valence-corrected chi connectivity index (χ0v) is 14.1. The first-order chi connectivity index (χ1) is 9.95. The molecule has 2 N–H and O–H groups in total. The molecule has 2 rings (SSSR count). The van der Waals surface area contributed by atoms with Crippen LogP contribution in [0.4, 0.5) is 5.69 Å².